The van der Waals surface area contributed by atoms with Gasteiger partial charge in [-0.25, -0.2) is 13.6 Å². The molecule has 3 N–H and O–H groups in total. The third kappa shape index (κ3) is 4.31. The van der Waals surface area contributed by atoms with Gasteiger partial charge in [-0.05, 0) is 19.4 Å². The Kier molecular flexibility index (Phi) is 5.71. The number of halogens is 3. The summed E-state index contributed by atoms with van der Waals surface area (Å²) >= 11 is 5.67. The van der Waals surface area contributed by atoms with Crippen LogP contribution in [-0.2, 0) is 0 Å². The Bertz CT molecular complexity index is 476. The minimum atomic E-state index is -0.966. The lowest BCUT2D eigenvalue weighted by molar-refractivity contribution is 0.167. The van der Waals surface area contributed by atoms with E-state index in [1.165, 1.54) is 0 Å². The SMILES string of the molecule is CCCC(C)(CO)NC(=O)Nc1c(F)cc(F)cc1Cl. The van der Waals surface area contributed by atoms with Crippen LogP contribution in [0.1, 0.15) is 26.7 Å². The number of rotatable bonds is 5. The van der Waals surface area contributed by atoms with Gasteiger partial charge in [0.15, 0.2) is 5.82 Å². The van der Waals surface area contributed by atoms with E-state index in [0.29, 0.717) is 12.5 Å². The number of anilines is 1. The van der Waals surface area contributed by atoms with Gasteiger partial charge in [-0.15, -0.1) is 0 Å². The molecule has 0 saturated heterocycles. The number of hydrogen-bond donors (Lipinski definition) is 3. The highest BCUT2D eigenvalue weighted by atomic mass is 35.5. The number of carbonyl (C=O) groups is 1. The predicted octanol–water partition coefficient (Wildman–Crippen LogP) is 3.29. The highest BCUT2D eigenvalue weighted by Crippen LogP contribution is 2.26. The van der Waals surface area contributed by atoms with Crippen molar-refractivity contribution >= 4 is 23.3 Å². The van der Waals surface area contributed by atoms with Crippen molar-refractivity contribution in [3.8, 4) is 0 Å². The number of urea groups is 1. The summed E-state index contributed by atoms with van der Waals surface area (Å²) in [6.07, 6.45) is 1.31. The van der Waals surface area contributed by atoms with Crippen LogP contribution in [0.15, 0.2) is 12.1 Å². The lowest BCUT2D eigenvalue weighted by atomic mass is 9.98. The van der Waals surface area contributed by atoms with Crippen molar-refractivity contribution in [3.63, 3.8) is 0 Å². The minimum absolute atomic E-state index is 0.237. The van der Waals surface area contributed by atoms with E-state index in [1.54, 1.807) is 6.92 Å². The van der Waals surface area contributed by atoms with E-state index in [9.17, 15) is 18.7 Å². The summed E-state index contributed by atoms with van der Waals surface area (Å²) in [7, 11) is 0. The molecule has 4 nitrogen and oxygen atoms in total. The van der Waals surface area contributed by atoms with Crippen LogP contribution in [-0.4, -0.2) is 23.3 Å². The zero-order valence-electron chi connectivity index (χ0n) is 11.3. The molecular formula is C13H17ClF2N2O2. The van der Waals surface area contributed by atoms with Gasteiger partial charge in [-0.3, -0.25) is 0 Å². The molecule has 1 atom stereocenters. The fourth-order valence-corrected chi connectivity index (χ4v) is 2.06. The average Bonchev–Trinajstić information content (AvgIpc) is 2.34. The summed E-state index contributed by atoms with van der Waals surface area (Å²) in [5.41, 5.74) is -1.12. The van der Waals surface area contributed by atoms with Crippen molar-refractivity contribution in [2.24, 2.45) is 0 Å². The summed E-state index contributed by atoms with van der Waals surface area (Å²) in [6.45, 7) is 3.32. The van der Waals surface area contributed by atoms with Crippen molar-refractivity contribution in [3.05, 3.63) is 28.8 Å². The molecule has 7 heteroatoms. The third-order valence-electron chi connectivity index (χ3n) is 2.81. The number of hydrogen-bond acceptors (Lipinski definition) is 2. The first-order valence-corrected chi connectivity index (χ1v) is 6.53. The lowest BCUT2D eigenvalue weighted by Crippen LogP contribution is -2.50. The van der Waals surface area contributed by atoms with Gasteiger partial charge >= 0.3 is 6.03 Å². The lowest BCUT2D eigenvalue weighted by Gasteiger charge is -2.28. The molecule has 0 aliphatic heterocycles. The zero-order valence-corrected chi connectivity index (χ0v) is 12.0. The van der Waals surface area contributed by atoms with Crippen molar-refractivity contribution in [1.29, 1.82) is 0 Å². The summed E-state index contributed by atoms with van der Waals surface area (Å²) in [5, 5.41) is 13.8. The molecule has 0 aliphatic rings. The Morgan fingerprint density at radius 3 is 2.60 bits per heavy atom. The van der Waals surface area contributed by atoms with Crippen LogP contribution in [0.2, 0.25) is 5.02 Å². The molecule has 0 bridgehead atoms. The highest BCUT2D eigenvalue weighted by molar-refractivity contribution is 6.33. The van der Waals surface area contributed by atoms with E-state index in [-0.39, 0.29) is 17.3 Å². The van der Waals surface area contributed by atoms with Gasteiger partial charge in [0.2, 0.25) is 0 Å². The number of aliphatic hydroxyl groups is 1. The molecular weight excluding hydrogens is 290 g/mol. The molecule has 0 saturated carbocycles. The molecule has 0 spiro atoms. The van der Waals surface area contributed by atoms with Crippen LogP contribution in [0, 0.1) is 11.6 Å². The van der Waals surface area contributed by atoms with E-state index >= 15 is 0 Å². The normalized spacial score (nSPS) is 13.7. The van der Waals surface area contributed by atoms with Crippen molar-refractivity contribution in [2.45, 2.75) is 32.2 Å². The number of nitrogens with one attached hydrogen (secondary N) is 2. The van der Waals surface area contributed by atoms with E-state index in [1.807, 2.05) is 6.92 Å². The van der Waals surface area contributed by atoms with Crippen LogP contribution < -0.4 is 10.6 Å². The topological polar surface area (TPSA) is 61.4 Å². The molecule has 112 valence electrons. The number of carbonyl (C=O) groups excluding carboxylic acids is 1. The van der Waals surface area contributed by atoms with Gasteiger partial charge in [0.05, 0.1) is 22.9 Å². The largest absolute Gasteiger partial charge is 0.394 e. The molecule has 0 heterocycles. The number of amides is 2. The standard InChI is InChI=1S/C13H17ClF2N2O2/c1-3-4-13(2,7-19)18-12(20)17-11-9(14)5-8(15)6-10(11)16/h5-6,19H,3-4,7H2,1-2H3,(H2,17,18,20). The van der Waals surface area contributed by atoms with Gasteiger partial charge in [0, 0.05) is 6.07 Å². The molecule has 0 aromatic heterocycles. The van der Waals surface area contributed by atoms with E-state index in [4.69, 9.17) is 11.6 Å². The van der Waals surface area contributed by atoms with Crippen LogP contribution >= 0.6 is 11.6 Å². The van der Waals surface area contributed by atoms with Gasteiger partial charge in [0.25, 0.3) is 0 Å². The van der Waals surface area contributed by atoms with E-state index in [0.717, 1.165) is 12.5 Å². The number of aliphatic hydroxyl groups excluding tert-OH is 1. The zero-order chi connectivity index (χ0) is 15.3. The summed E-state index contributed by atoms with van der Waals surface area (Å²) in [6, 6.07) is 0.804. The van der Waals surface area contributed by atoms with Crippen molar-refractivity contribution < 1.29 is 18.7 Å². The van der Waals surface area contributed by atoms with Gasteiger partial charge < -0.3 is 15.7 Å². The second kappa shape index (κ2) is 6.85. The molecule has 0 aliphatic carbocycles. The Balaban J connectivity index is 2.81. The monoisotopic (exact) mass is 306 g/mol. The molecule has 2 amide bonds. The van der Waals surface area contributed by atoms with Crippen molar-refractivity contribution in [1.82, 2.24) is 5.32 Å². The molecule has 1 aromatic rings. The molecule has 0 radical (unpaired) electrons. The Morgan fingerprint density at radius 2 is 2.10 bits per heavy atom. The first-order valence-electron chi connectivity index (χ1n) is 6.16. The van der Waals surface area contributed by atoms with Crippen molar-refractivity contribution in [2.75, 3.05) is 11.9 Å². The number of benzene rings is 1. The van der Waals surface area contributed by atoms with Crippen LogP contribution in [0.25, 0.3) is 0 Å². The second-order valence-corrected chi connectivity index (χ2v) is 5.20. The Labute approximate surface area is 121 Å². The molecule has 0 fully saturated rings. The Morgan fingerprint density at radius 1 is 1.45 bits per heavy atom. The summed E-state index contributed by atoms with van der Waals surface area (Å²) < 4.78 is 26.4. The van der Waals surface area contributed by atoms with Gasteiger partial charge in [0.1, 0.15) is 5.82 Å². The van der Waals surface area contributed by atoms with E-state index < -0.39 is 23.2 Å². The highest BCUT2D eigenvalue weighted by Gasteiger charge is 2.25. The molecule has 1 rings (SSSR count). The minimum Gasteiger partial charge on any atom is -0.394 e. The molecule has 20 heavy (non-hydrogen) atoms. The maximum absolute atomic E-state index is 13.5. The fraction of sp³-hybridized carbons (Fsp3) is 0.462. The summed E-state index contributed by atoms with van der Waals surface area (Å²) in [5.74, 6) is -1.80. The van der Waals surface area contributed by atoms with Crippen LogP contribution in [0.5, 0.6) is 0 Å². The maximum Gasteiger partial charge on any atom is 0.319 e. The van der Waals surface area contributed by atoms with E-state index in [2.05, 4.69) is 10.6 Å². The molecule has 1 aromatic carbocycles. The van der Waals surface area contributed by atoms with Crippen LogP contribution in [0.4, 0.5) is 19.3 Å². The first-order chi connectivity index (χ1) is 9.31. The maximum atomic E-state index is 13.5. The average molecular weight is 307 g/mol. The second-order valence-electron chi connectivity index (χ2n) is 4.79. The Hall–Kier alpha value is -1.40. The van der Waals surface area contributed by atoms with Crippen LogP contribution in [0.3, 0.4) is 0 Å². The van der Waals surface area contributed by atoms with Gasteiger partial charge in [-0.2, -0.15) is 0 Å². The smallest absolute Gasteiger partial charge is 0.319 e. The summed E-state index contributed by atoms with van der Waals surface area (Å²) in [4.78, 5) is 11.8. The fourth-order valence-electron chi connectivity index (χ4n) is 1.81. The quantitative estimate of drug-likeness (QED) is 0.781. The predicted molar refractivity (Wildman–Crippen MR) is 73.9 cm³/mol. The first kappa shape index (κ1) is 16.7. The van der Waals surface area contributed by atoms with Gasteiger partial charge in [-0.1, -0.05) is 24.9 Å². The third-order valence-corrected chi connectivity index (χ3v) is 3.11. The molecule has 1 unspecified atom stereocenters.